The van der Waals surface area contributed by atoms with Crippen LogP contribution in [0, 0.1) is 0 Å². The SMILES string of the molecule is CC(Nc1ncnc(-c2ccc(C[C@H](N)C(=O)O)cc2)n1)c1ccc2ccccc2c1. The highest BCUT2D eigenvalue weighted by atomic mass is 16.4. The Morgan fingerprint density at radius 1 is 1.03 bits per heavy atom. The monoisotopic (exact) mass is 413 g/mol. The molecule has 0 bridgehead atoms. The van der Waals surface area contributed by atoms with Gasteiger partial charge in [-0.2, -0.15) is 4.98 Å². The summed E-state index contributed by atoms with van der Waals surface area (Å²) in [6, 6.07) is 21.1. The summed E-state index contributed by atoms with van der Waals surface area (Å²) in [5, 5.41) is 14.7. The minimum Gasteiger partial charge on any atom is -0.480 e. The first-order chi connectivity index (χ1) is 15.0. The molecule has 0 aliphatic rings. The summed E-state index contributed by atoms with van der Waals surface area (Å²) in [7, 11) is 0. The fourth-order valence-corrected chi connectivity index (χ4v) is 3.39. The molecule has 4 N–H and O–H groups in total. The van der Waals surface area contributed by atoms with E-state index >= 15 is 0 Å². The van der Waals surface area contributed by atoms with E-state index in [4.69, 9.17) is 10.8 Å². The van der Waals surface area contributed by atoms with E-state index in [9.17, 15) is 4.79 Å². The van der Waals surface area contributed by atoms with Crippen molar-refractivity contribution in [1.82, 2.24) is 15.0 Å². The lowest BCUT2D eigenvalue weighted by Gasteiger charge is -2.15. The van der Waals surface area contributed by atoms with Crippen molar-refractivity contribution in [2.75, 3.05) is 5.32 Å². The van der Waals surface area contributed by atoms with E-state index < -0.39 is 12.0 Å². The summed E-state index contributed by atoms with van der Waals surface area (Å²) in [6.07, 6.45) is 1.74. The lowest BCUT2D eigenvalue weighted by molar-refractivity contribution is -0.138. The van der Waals surface area contributed by atoms with Crippen molar-refractivity contribution >= 4 is 22.7 Å². The molecule has 0 radical (unpaired) electrons. The van der Waals surface area contributed by atoms with Crippen LogP contribution in [0.5, 0.6) is 0 Å². The van der Waals surface area contributed by atoms with Gasteiger partial charge in [0.1, 0.15) is 12.4 Å². The second-order valence-corrected chi connectivity index (χ2v) is 7.45. The molecule has 7 nitrogen and oxygen atoms in total. The average Bonchev–Trinajstić information content (AvgIpc) is 2.79. The highest BCUT2D eigenvalue weighted by Crippen LogP contribution is 2.23. The van der Waals surface area contributed by atoms with E-state index in [2.05, 4.69) is 57.5 Å². The van der Waals surface area contributed by atoms with E-state index in [0.717, 1.165) is 16.7 Å². The summed E-state index contributed by atoms with van der Waals surface area (Å²) in [5.41, 5.74) is 8.40. The van der Waals surface area contributed by atoms with Crippen LogP contribution in [0.15, 0.2) is 73.1 Å². The minimum absolute atomic E-state index is 0.0136. The van der Waals surface area contributed by atoms with Gasteiger partial charge in [0.2, 0.25) is 5.95 Å². The van der Waals surface area contributed by atoms with Crippen LogP contribution in [0.25, 0.3) is 22.2 Å². The molecule has 0 saturated heterocycles. The van der Waals surface area contributed by atoms with E-state index in [1.54, 1.807) is 0 Å². The molecule has 4 rings (SSSR count). The molecule has 3 aromatic carbocycles. The number of rotatable bonds is 7. The Bertz CT molecular complexity index is 1210. The summed E-state index contributed by atoms with van der Waals surface area (Å²) in [6.45, 7) is 2.06. The molecule has 156 valence electrons. The number of aliphatic carboxylic acids is 1. The molecular formula is C24H23N5O2. The number of nitrogens with zero attached hydrogens (tertiary/aromatic N) is 3. The molecule has 1 unspecified atom stereocenters. The molecule has 0 aliphatic heterocycles. The number of hydrogen-bond donors (Lipinski definition) is 3. The van der Waals surface area contributed by atoms with Crippen LogP contribution in [0.2, 0.25) is 0 Å². The molecule has 4 aromatic rings. The summed E-state index contributed by atoms with van der Waals surface area (Å²) < 4.78 is 0. The van der Waals surface area contributed by atoms with Crippen LogP contribution in [0.3, 0.4) is 0 Å². The van der Waals surface area contributed by atoms with Crippen LogP contribution in [0.1, 0.15) is 24.1 Å². The summed E-state index contributed by atoms with van der Waals surface area (Å²) in [5.74, 6) is 0.0118. The Morgan fingerprint density at radius 3 is 2.52 bits per heavy atom. The third-order valence-corrected chi connectivity index (χ3v) is 5.18. The minimum atomic E-state index is -1.02. The largest absolute Gasteiger partial charge is 0.480 e. The van der Waals surface area contributed by atoms with Gasteiger partial charge in [0, 0.05) is 5.56 Å². The van der Waals surface area contributed by atoms with Crippen molar-refractivity contribution in [3.05, 3.63) is 84.2 Å². The van der Waals surface area contributed by atoms with Crippen molar-refractivity contribution in [3.63, 3.8) is 0 Å². The first kappa shape index (κ1) is 20.4. The van der Waals surface area contributed by atoms with Crippen LogP contribution in [-0.2, 0) is 11.2 Å². The number of fused-ring (bicyclic) bond motifs is 1. The predicted octanol–water partition coefficient (Wildman–Crippen LogP) is 3.82. The Hall–Kier alpha value is -3.84. The number of nitrogens with two attached hydrogens (primary N) is 1. The van der Waals surface area contributed by atoms with Crippen LogP contribution in [0.4, 0.5) is 5.95 Å². The zero-order chi connectivity index (χ0) is 21.8. The third kappa shape index (κ3) is 4.84. The maximum atomic E-state index is 10.9. The van der Waals surface area contributed by atoms with E-state index in [1.807, 2.05) is 36.4 Å². The maximum Gasteiger partial charge on any atom is 0.320 e. The molecule has 31 heavy (non-hydrogen) atoms. The van der Waals surface area contributed by atoms with E-state index in [-0.39, 0.29) is 12.5 Å². The smallest absolute Gasteiger partial charge is 0.320 e. The number of aromatic nitrogens is 3. The lowest BCUT2D eigenvalue weighted by atomic mass is 10.0. The predicted molar refractivity (Wildman–Crippen MR) is 121 cm³/mol. The first-order valence-corrected chi connectivity index (χ1v) is 10.0. The number of carbonyl (C=O) groups is 1. The van der Waals surface area contributed by atoms with Gasteiger partial charge in [0.05, 0.1) is 6.04 Å². The molecule has 1 aromatic heterocycles. The molecule has 1 heterocycles. The van der Waals surface area contributed by atoms with Crippen LogP contribution >= 0.6 is 0 Å². The standard InChI is InChI=1S/C24H23N5O2/c1-15(19-11-10-17-4-2-3-5-20(17)13-19)28-24-27-14-26-22(29-24)18-8-6-16(7-9-18)12-21(25)23(30)31/h2-11,13-15,21H,12,25H2,1H3,(H,30,31)(H,26,27,28,29)/t15?,21-/m0/s1. The Labute approximate surface area is 180 Å². The number of benzene rings is 3. The number of nitrogens with one attached hydrogen (secondary N) is 1. The van der Waals surface area contributed by atoms with Crippen molar-refractivity contribution in [1.29, 1.82) is 0 Å². The highest BCUT2D eigenvalue weighted by Gasteiger charge is 2.13. The van der Waals surface area contributed by atoms with Crippen LogP contribution in [-0.4, -0.2) is 32.1 Å². The zero-order valence-corrected chi connectivity index (χ0v) is 17.1. The van der Waals surface area contributed by atoms with E-state index in [1.165, 1.54) is 17.1 Å². The van der Waals surface area contributed by atoms with Crippen molar-refractivity contribution in [2.24, 2.45) is 5.73 Å². The van der Waals surface area contributed by atoms with Gasteiger partial charge in [-0.25, -0.2) is 9.97 Å². The van der Waals surface area contributed by atoms with Gasteiger partial charge in [0.25, 0.3) is 0 Å². The fraction of sp³-hybridized carbons (Fsp3) is 0.167. The number of hydrogen-bond acceptors (Lipinski definition) is 6. The van der Waals surface area contributed by atoms with Gasteiger partial charge >= 0.3 is 5.97 Å². The number of carboxylic acids is 1. The Kier molecular flexibility index (Phi) is 5.86. The maximum absolute atomic E-state index is 10.9. The quantitative estimate of drug-likeness (QED) is 0.422. The second kappa shape index (κ2) is 8.89. The first-order valence-electron chi connectivity index (χ1n) is 10.0. The van der Waals surface area contributed by atoms with Gasteiger partial charge in [0.15, 0.2) is 5.82 Å². The van der Waals surface area contributed by atoms with Crippen molar-refractivity contribution in [3.8, 4) is 11.4 Å². The summed E-state index contributed by atoms with van der Waals surface area (Å²) in [4.78, 5) is 24.0. The Balaban J connectivity index is 1.49. The zero-order valence-electron chi connectivity index (χ0n) is 17.1. The number of carboxylic acid groups (broad SMARTS) is 1. The molecule has 0 aliphatic carbocycles. The second-order valence-electron chi connectivity index (χ2n) is 7.45. The lowest BCUT2D eigenvalue weighted by Crippen LogP contribution is -2.32. The fourth-order valence-electron chi connectivity index (χ4n) is 3.39. The van der Waals surface area contributed by atoms with Crippen LogP contribution < -0.4 is 11.1 Å². The molecule has 0 fully saturated rings. The highest BCUT2D eigenvalue weighted by molar-refractivity contribution is 5.83. The molecule has 0 amide bonds. The normalized spacial score (nSPS) is 13.0. The Morgan fingerprint density at radius 2 is 1.77 bits per heavy atom. The summed E-state index contributed by atoms with van der Waals surface area (Å²) >= 11 is 0. The van der Waals surface area contributed by atoms with Gasteiger partial charge in [-0.1, -0.05) is 60.7 Å². The number of anilines is 1. The molecule has 0 saturated carbocycles. The molecule has 0 spiro atoms. The van der Waals surface area contributed by atoms with E-state index in [0.29, 0.717) is 11.8 Å². The van der Waals surface area contributed by atoms with Gasteiger partial charge in [-0.3, -0.25) is 4.79 Å². The van der Waals surface area contributed by atoms with Crippen molar-refractivity contribution in [2.45, 2.75) is 25.4 Å². The topological polar surface area (TPSA) is 114 Å². The molecule has 7 heteroatoms. The van der Waals surface area contributed by atoms with Crippen molar-refractivity contribution < 1.29 is 9.90 Å². The molecule has 2 atom stereocenters. The van der Waals surface area contributed by atoms with Gasteiger partial charge in [-0.05, 0) is 41.3 Å². The van der Waals surface area contributed by atoms with Gasteiger partial charge in [-0.15, -0.1) is 0 Å². The van der Waals surface area contributed by atoms with Gasteiger partial charge < -0.3 is 16.2 Å². The average molecular weight is 413 g/mol. The molecular weight excluding hydrogens is 390 g/mol. The third-order valence-electron chi connectivity index (χ3n) is 5.18.